The van der Waals surface area contributed by atoms with E-state index in [9.17, 15) is 4.79 Å². The molecule has 88 valence electrons. The molecule has 6 nitrogen and oxygen atoms in total. The van der Waals surface area contributed by atoms with Crippen molar-refractivity contribution >= 4 is 29.0 Å². The average Bonchev–Trinajstić information content (AvgIpc) is 2.58. The molecule has 0 aromatic carbocycles. The van der Waals surface area contributed by atoms with E-state index in [0.717, 1.165) is 0 Å². The van der Waals surface area contributed by atoms with Gasteiger partial charge < -0.3 is 11.1 Å². The molecule has 1 amide bonds. The van der Waals surface area contributed by atoms with Gasteiger partial charge in [-0.25, -0.2) is 4.98 Å². The zero-order valence-electron chi connectivity index (χ0n) is 9.01. The Labute approximate surface area is 102 Å². The Bertz CT molecular complexity index is 546. The number of pyridine rings is 1. The Hall–Kier alpha value is -2.08. The molecule has 0 saturated carbocycles. The highest BCUT2D eigenvalue weighted by molar-refractivity contribution is 6.29. The SMILES string of the molecule is Cn1ncc(N)c1C(=O)Nc1cccc(Cl)n1. The van der Waals surface area contributed by atoms with Gasteiger partial charge in [-0.05, 0) is 12.1 Å². The Morgan fingerprint density at radius 3 is 2.88 bits per heavy atom. The van der Waals surface area contributed by atoms with Crippen LogP contribution in [0.4, 0.5) is 11.5 Å². The first-order valence-electron chi connectivity index (χ1n) is 4.79. The van der Waals surface area contributed by atoms with Gasteiger partial charge in [-0.15, -0.1) is 0 Å². The Morgan fingerprint density at radius 1 is 1.53 bits per heavy atom. The van der Waals surface area contributed by atoms with Crippen LogP contribution >= 0.6 is 11.6 Å². The van der Waals surface area contributed by atoms with E-state index in [1.165, 1.54) is 10.9 Å². The Morgan fingerprint density at radius 2 is 2.29 bits per heavy atom. The highest BCUT2D eigenvalue weighted by Gasteiger charge is 2.15. The standard InChI is InChI=1S/C10H10ClN5O/c1-16-9(6(12)5-13-16)10(17)15-8-4-2-3-7(11)14-8/h2-5H,12H2,1H3,(H,14,15,17). The van der Waals surface area contributed by atoms with Gasteiger partial charge in [-0.2, -0.15) is 5.10 Å². The van der Waals surface area contributed by atoms with E-state index >= 15 is 0 Å². The summed E-state index contributed by atoms with van der Waals surface area (Å²) in [6, 6.07) is 4.95. The molecule has 0 bridgehead atoms. The lowest BCUT2D eigenvalue weighted by Gasteiger charge is -2.05. The first-order chi connectivity index (χ1) is 8.08. The summed E-state index contributed by atoms with van der Waals surface area (Å²) in [5.41, 5.74) is 6.23. The molecule has 0 aliphatic heterocycles. The fourth-order valence-corrected chi connectivity index (χ4v) is 1.55. The number of halogens is 1. The van der Waals surface area contributed by atoms with Gasteiger partial charge in [-0.1, -0.05) is 17.7 Å². The lowest BCUT2D eigenvalue weighted by atomic mass is 10.3. The molecular formula is C10H10ClN5O. The number of aromatic nitrogens is 3. The Balaban J connectivity index is 2.23. The number of hydrogen-bond acceptors (Lipinski definition) is 4. The normalized spacial score (nSPS) is 10.2. The first-order valence-corrected chi connectivity index (χ1v) is 5.17. The highest BCUT2D eigenvalue weighted by Crippen LogP contribution is 2.13. The second kappa shape index (κ2) is 4.42. The summed E-state index contributed by atoms with van der Waals surface area (Å²) < 4.78 is 1.40. The molecule has 0 fully saturated rings. The third kappa shape index (κ3) is 2.36. The quantitative estimate of drug-likeness (QED) is 0.788. The zero-order valence-corrected chi connectivity index (χ0v) is 9.77. The van der Waals surface area contributed by atoms with Crippen molar-refractivity contribution in [3.8, 4) is 0 Å². The van der Waals surface area contributed by atoms with E-state index in [-0.39, 0.29) is 11.6 Å². The van der Waals surface area contributed by atoms with E-state index in [4.69, 9.17) is 17.3 Å². The van der Waals surface area contributed by atoms with Gasteiger partial charge in [0.05, 0.1) is 11.9 Å². The lowest BCUT2D eigenvalue weighted by molar-refractivity contribution is 0.101. The van der Waals surface area contributed by atoms with Crippen molar-refractivity contribution in [1.29, 1.82) is 0 Å². The summed E-state index contributed by atoms with van der Waals surface area (Å²) in [4.78, 5) is 15.8. The molecule has 2 aromatic rings. The number of carbonyl (C=O) groups excluding carboxylic acids is 1. The molecule has 3 N–H and O–H groups in total. The minimum atomic E-state index is -0.378. The topological polar surface area (TPSA) is 85.8 Å². The van der Waals surface area contributed by atoms with E-state index in [1.807, 2.05) is 0 Å². The van der Waals surface area contributed by atoms with E-state index in [1.54, 1.807) is 25.2 Å². The summed E-state index contributed by atoms with van der Waals surface area (Å²) in [5.74, 6) is -0.0135. The molecule has 0 atom stereocenters. The monoisotopic (exact) mass is 251 g/mol. The number of carbonyl (C=O) groups is 1. The average molecular weight is 252 g/mol. The van der Waals surface area contributed by atoms with Crippen molar-refractivity contribution in [3.05, 3.63) is 35.2 Å². The maximum absolute atomic E-state index is 11.9. The predicted octanol–water partition coefficient (Wildman–Crippen LogP) is 1.30. The lowest BCUT2D eigenvalue weighted by Crippen LogP contribution is -2.18. The molecule has 0 radical (unpaired) electrons. The summed E-state index contributed by atoms with van der Waals surface area (Å²) in [5, 5.41) is 6.78. The minimum Gasteiger partial charge on any atom is -0.396 e. The Kier molecular flexibility index (Phi) is 2.97. The number of nitrogens with two attached hydrogens (primary N) is 1. The van der Waals surface area contributed by atoms with Crippen LogP contribution in [0.15, 0.2) is 24.4 Å². The molecule has 0 spiro atoms. The molecule has 0 saturated heterocycles. The van der Waals surface area contributed by atoms with Crippen LogP contribution in [-0.4, -0.2) is 20.7 Å². The molecular weight excluding hydrogens is 242 g/mol. The number of amides is 1. The fourth-order valence-electron chi connectivity index (χ4n) is 1.39. The number of nitrogens with one attached hydrogen (secondary N) is 1. The van der Waals surface area contributed by atoms with Crippen LogP contribution in [-0.2, 0) is 7.05 Å². The van der Waals surface area contributed by atoms with Gasteiger partial charge in [0.2, 0.25) is 0 Å². The molecule has 2 heterocycles. The maximum atomic E-state index is 11.9. The number of nitrogen functional groups attached to an aromatic ring is 1. The molecule has 7 heteroatoms. The number of nitrogens with zero attached hydrogens (tertiary/aromatic N) is 3. The summed E-state index contributed by atoms with van der Waals surface area (Å²) >= 11 is 5.71. The van der Waals surface area contributed by atoms with Gasteiger partial charge in [-0.3, -0.25) is 9.48 Å². The molecule has 2 aromatic heterocycles. The van der Waals surface area contributed by atoms with Gasteiger partial charge in [0.1, 0.15) is 16.7 Å². The smallest absolute Gasteiger partial charge is 0.277 e. The van der Waals surface area contributed by atoms with Crippen LogP contribution in [0.2, 0.25) is 5.15 Å². The van der Waals surface area contributed by atoms with Gasteiger partial charge in [0.25, 0.3) is 5.91 Å². The van der Waals surface area contributed by atoms with Crippen molar-refractivity contribution in [2.24, 2.45) is 7.05 Å². The molecule has 17 heavy (non-hydrogen) atoms. The second-order valence-corrected chi connectivity index (χ2v) is 3.76. The van der Waals surface area contributed by atoms with Crippen molar-refractivity contribution in [2.75, 3.05) is 11.1 Å². The summed E-state index contributed by atoms with van der Waals surface area (Å²) in [6.07, 6.45) is 1.42. The second-order valence-electron chi connectivity index (χ2n) is 3.37. The number of hydrogen-bond donors (Lipinski definition) is 2. The number of rotatable bonds is 2. The number of anilines is 2. The maximum Gasteiger partial charge on any atom is 0.277 e. The predicted molar refractivity (Wildman–Crippen MR) is 64.8 cm³/mol. The van der Waals surface area contributed by atoms with Crippen molar-refractivity contribution in [1.82, 2.24) is 14.8 Å². The molecule has 0 aliphatic carbocycles. The van der Waals surface area contributed by atoms with E-state index in [0.29, 0.717) is 16.7 Å². The third-order valence-corrected chi connectivity index (χ3v) is 2.35. The highest BCUT2D eigenvalue weighted by atomic mass is 35.5. The molecule has 0 unspecified atom stereocenters. The van der Waals surface area contributed by atoms with Crippen molar-refractivity contribution < 1.29 is 4.79 Å². The van der Waals surface area contributed by atoms with E-state index < -0.39 is 0 Å². The minimum absolute atomic E-state index is 0.284. The van der Waals surface area contributed by atoms with Crippen molar-refractivity contribution in [2.45, 2.75) is 0 Å². The van der Waals surface area contributed by atoms with Gasteiger partial charge >= 0.3 is 0 Å². The first kappa shape index (κ1) is 11.4. The van der Waals surface area contributed by atoms with Crippen LogP contribution in [0.1, 0.15) is 10.5 Å². The zero-order chi connectivity index (χ0) is 12.4. The van der Waals surface area contributed by atoms with Gasteiger partial charge in [0.15, 0.2) is 0 Å². The van der Waals surface area contributed by atoms with Crippen LogP contribution < -0.4 is 11.1 Å². The van der Waals surface area contributed by atoms with Crippen molar-refractivity contribution in [3.63, 3.8) is 0 Å². The van der Waals surface area contributed by atoms with Crippen LogP contribution in [0, 0.1) is 0 Å². The number of aryl methyl sites for hydroxylation is 1. The fraction of sp³-hybridized carbons (Fsp3) is 0.100. The van der Waals surface area contributed by atoms with Gasteiger partial charge in [0, 0.05) is 7.05 Å². The largest absolute Gasteiger partial charge is 0.396 e. The molecule has 2 rings (SSSR count). The summed E-state index contributed by atoms with van der Waals surface area (Å²) in [7, 11) is 1.64. The summed E-state index contributed by atoms with van der Waals surface area (Å²) in [6.45, 7) is 0. The van der Waals surface area contributed by atoms with Crippen LogP contribution in [0.3, 0.4) is 0 Å². The molecule has 0 aliphatic rings. The van der Waals surface area contributed by atoms with E-state index in [2.05, 4.69) is 15.4 Å². The van der Waals surface area contributed by atoms with Crippen LogP contribution in [0.5, 0.6) is 0 Å². The third-order valence-electron chi connectivity index (χ3n) is 2.14. The van der Waals surface area contributed by atoms with Crippen LogP contribution in [0.25, 0.3) is 0 Å².